The second kappa shape index (κ2) is 4.05. The molecule has 3 heteroatoms. The minimum absolute atomic E-state index is 0.0501. The van der Waals surface area contributed by atoms with E-state index in [1.165, 1.54) is 11.1 Å². The van der Waals surface area contributed by atoms with Crippen molar-refractivity contribution in [2.75, 3.05) is 6.54 Å². The molecule has 0 spiro atoms. The number of carbonyl (C=O) groups excluding carboxylic acids is 2. The fraction of sp³-hybridized carbons (Fsp3) is 0.412. The minimum Gasteiger partial charge on any atom is -0.366 e. The predicted molar refractivity (Wildman–Crippen MR) is 75.0 cm³/mol. The van der Waals surface area contributed by atoms with Crippen LogP contribution in [0.2, 0.25) is 0 Å². The number of fused-ring (bicyclic) bond motifs is 4. The number of carbonyl (C=O) groups is 2. The van der Waals surface area contributed by atoms with Gasteiger partial charge in [0.2, 0.25) is 0 Å². The smallest absolute Gasteiger partial charge is 0.173 e. The third-order valence-electron chi connectivity index (χ3n) is 4.97. The topological polar surface area (TPSA) is 37.4 Å². The van der Waals surface area contributed by atoms with Crippen LogP contribution in [-0.4, -0.2) is 23.0 Å². The van der Waals surface area contributed by atoms with Gasteiger partial charge in [0.1, 0.15) is 0 Å². The summed E-state index contributed by atoms with van der Waals surface area (Å²) in [6.45, 7) is 2.89. The van der Waals surface area contributed by atoms with Gasteiger partial charge in [-0.2, -0.15) is 0 Å². The maximum absolute atomic E-state index is 12.6. The summed E-state index contributed by atoms with van der Waals surface area (Å²) in [5, 5.41) is 0. The maximum atomic E-state index is 12.6. The fourth-order valence-electron chi connectivity index (χ4n) is 4.02. The molecule has 4 rings (SSSR count). The summed E-state index contributed by atoms with van der Waals surface area (Å²) in [4.78, 5) is 26.9. The van der Waals surface area contributed by atoms with Crippen molar-refractivity contribution in [3.63, 3.8) is 0 Å². The van der Waals surface area contributed by atoms with Crippen LogP contribution in [0.15, 0.2) is 35.5 Å². The molecule has 1 aliphatic carbocycles. The van der Waals surface area contributed by atoms with E-state index in [9.17, 15) is 9.59 Å². The summed E-state index contributed by atoms with van der Waals surface area (Å²) < 4.78 is 0. The highest BCUT2D eigenvalue weighted by Gasteiger charge is 2.46. The molecule has 0 bridgehead atoms. The number of hydrogen-bond acceptors (Lipinski definition) is 3. The van der Waals surface area contributed by atoms with Crippen LogP contribution in [0, 0.1) is 5.92 Å². The van der Waals surface area contributed by atoms with E-state index >= 15 is 0 Å². The van der Waals surface area contributed by atoms with Crippen molar-refractivity contribution >= 4 is 11.6 Å². The van der Waals surface area contributed by atoms with Crippen molar-refractivity contribution in [1.82, 2.24) is 4.90 Å². The molecule has 2 heterocycles. The van der Waals surface area contributed by atoms with Gasteiger partial charge in [-0.3, -0.25) is 9.59 Å². The fourth-order valence-corrected chi connectivity index (χ4v) is 4.02. The van der Waals surface area contributed by atoms with Crippen molar-refractivity contribution in [3.8, 4) is 0 Å². The number of ketones is 2. The first-order chi connectivity index (χ1) is 9.68. The molecular weight excluding hydrogens is 250 g/mol. The molecule has 20 heavy (non-hydrogen) atoms. The molecule has 0 radical (unpaired) electrons. The van der Waals surface area contributed by atoms with Crippen molar-refractivity contribution < 1.29 is 9.59 Å². The number of Topliss-reactive ketones (excluding diaryl/α,β-unsaturated/α-hetero) is 2. The predicted octanol–water partition coefficient (Wildman–Crippen LogP) is 2.42. The molecule has 3 aliphatic rings. The zero-order valence-corrected chi connectivity index (χ0v) is 11.6. The third kappa shape index (κ3) is 1.41. The Labute approximate surface area is 118 Å². The SMILES string of the molecule is CC1C(=O)C2=C(CCC2=O)N2CCc3ccccc3C12. The van der Waals surface area contributed by atoms with Gasteiger partial charge < -0.3 is 4.90 Å². The molecule has 1 aromatic carbocycles. The van der Waals surface area contributed by atoms with Gasteiger partial charge in [0.25, 0.3) is 0 Å². The van der Waals surface area contributed by atoms with Gasteiger partial charge in [-0.05, 0) is 24.0 Å². The lowest BCUT2D eigenvalue weighted by molar-refractivity contribution is -0.125. The van der Waals surface area contributed by atoms with Crippen LogP contribution in [0.3, 0.4) is 0 Å². The van der Waals surface area contributed by atoms with E-state index in [-0.39, 0.29) is 23.5 Å². The van der Waals surface area contributed by atoms with Crippen LogP contribution in [0.4, 0.5) is 0 Å². The van der Waals surface area contributed by atoms with Gasteiger partial charge in [-0.25, -0.2) is 0 Å². The van der Waals surface area contributed by atoms with E-state index in [4.69, 9.17) is 0 Å². The molecule has 0 fully saturated rings. The lowest BCUT2D eigenvalue weighted by Crippen LogP contribution is -2.44. The standard InChI is InChI=1S/C17H17NO2/c1-10-16-12-5-3-2-4-11(12)8-9-18(16)13-6-7-14(19)15(13)17(10)20/h2-5,10,16H,6-9H2,1H3. The molecule has 2 aliphatic heterocycles. The Morgan fingerprint density at radius 2 is 1.90 bits per heavy atom. The van der Waals surface area contributed by atoms with Gasteiger partial charge in [-0.1, -0.05) is 31.2 Å². The molecule has 0 amide bonds. The van der Waals surface area contributed by atoms with Gasteiger partial charge in [0.05, 0.1) is 11.6 Å². The normalized spacial score (nSPS) is 28.4. The lowest BCUT2D eigenvalue weighted by Gasteiger charge is -2.45. The Morgan fingerprint density at radius 3 is 2.75 bits per heavy atom. The van der Waals surface area contributed by atoms with Crippen molar-refractivity contribution in [2.24, 2.45) is 5.92 Å². The van der Waals surface area contributed by atoms with Crippen LogP contribution in [0.5, 0.6) is 0 Å². The third-order valence-corrected chi connectivity index (χ3v) is 4.97. The molecule has 1 aromatic rings. The number of hydrogen-bond donors (Lipinski definition) is 0. The molecule has 3 nitrogen and oxygen atoms in total. The van der Waals surface area contributed by atoms with E-state index in [1.54, 1.807) is 0 Å². The Kier molecular flexibility index (Phi) is 2.40. The molecule has 0 saturated carbocycles. The average molecular weight is 267 g/mol. The summed E-state index contributed by atoms with van der Waals surface area (Å²) in [7, 11) is 0. The Balaban J connectivity index is 1.89. The second-order valence-electron chi connectivity index (χ2n) is 5.98. The van der Waals surface area contributed by atoms with Crippen LogP contribution < -0.4 is 0 Å². The van der Waals surface area contributed by atoms with Crippen molar-refractivity contribution in [1.29, 1.82) is 0 Å². The summed E-state index contributed by atoms with van der Waals surface area (Å²) in [5.74, 6) is -0.0214. The number of nitrogens with zero attached hydrogens (tertiary/aromatic N) is 1. The number of benzene rings is 1. The second-order valence-corrected chi connectivity index (χ2v) is 5.98. The first kappa shape index (κ1) is 11.9. The first-order valence-electron chi connectivity index (χ1n) is 7.33. The van der Waals surface area contributed by atoms with Gasteiger partial charge in [0.15, 0.2) is 11.6 Å². The highest BCUT2D eigenvalue weighted by molar-refractivity contribution is 6.23. The zero-order valence-electron chi connectivity index (χ0n) is 11.6. The van der Waals surface area contributed by atoms with E-state index in [0.29, 0.717) is 12.0 Å². The Morgan fingerprint density at radius 1 is 1.10 bits per heavy atom. The van der Waals surface area contributed by atoms with Crippen LogP contribution in [-0.2, 0) is 16.0 Å². The number of allylic oxidation sites excluding steroid dienone is 2. The maximum Gasteiger partial charge on any atom is 0.173 e. The lowest BCUT2D eigenvalue weighted by atomic mass is 9.78. The average Bonchev–Trinajstić information content (AvgIpc) is 2.86. The van der Waals surface area contributed by atoms with Crippen molar-refractivity contribution in [3.05, 3.63) is 46.7 Å². The van der Waals surface area contributed by atoms with Gasteiger partial charge in [0, 0.05) is 24.6 Å². The van der Waals surface area contributed by atoms with E-state index in [1.807, 2.05) is 13.0 Å². The molecule has 0 saturated heterocycles. The summed E-state index contributed by atoms with van der Waals surface area (Å²) in [6, 6.07) is 8.53. The molecular formula is C17H17NO2. The quantitative estimate of drug-likeness (QED) is 0.677. The highest BCUT2D eigenvalue weighted by Crippen LogP contribution is 2.46. The van der Waals surface area contributed by atoms with E-state index in [0.717, 1.165) is 25.1 Å². The number of rotatable bonds is 0. The largest absolute Gasteiger partial charge is 0.366 e. The molecule has 0 aromatic heterocycles. The van der Waals surface area contributed by atoms with Crippen LogP contribution in [0.1, 0.15) is 36.9 Å². The van der Waals surface area contributed by atoms with E-state index in [2.05, 4.69) is 23.1 Å². The monoisotopic (exact) mass is 267 g/mol. The summed E-state index contributed by atoms with van der Waals surface area (Å²) >= 11 is 0. The molecule has 2 atom stereocenters. The Hall–Kier alpha value is -1.90. The summed E-state index contributed by atoms with van der Waals surface area (Å²) in [6.07, 6.45) is 2.25. The highest BCUT2D eigenvalue weighted by atomic mass is 16.2. The van der Waals surface area contributed by atoms with Crippen LogP contribution in [0.25, 0.3) is 0 Å². The first-order valence-corrected chi connectivity index (χ1v) is 7.33. The summed E-state index contributed by atoms with van der Waals surface area (Å²) in [5.41, 5.74) is 4.14. The minimum atomic E-state index is -0.128. The van der Waals surface area contributed by atoms with Gasteiger partial charge >= 0.3 is 0 Å². The Bertz CT molecular complexity index is 659. The van der Waals surface area contributed by atoms with E-state index < -0.39 is 0 Å². The zero-order chi connectivity index (χ0) is 13.9. The van der Waals surface area contributed by atoms with Crippen LogP contribution >= 0.6 is 0 Å². The van der Waals surface area contributed by atoms with Gasteiger partial charge in [-0.15, -0.1) is 0 Å². The molecule has 2 unspecified atom stereocenters. The molecule has 0 N–H and O–H groups in total. The van der Waals surface area contributed by atoms with Crippen molar-refractivity contribution in [2.45, 2.75) is 32.2 Å². The molecule has 102 valence electrons.